The van der Waals surface area contributed by atoms with Crippen molar-refractivity contribution in [3.8, 4) is 0 Å². The molecular weight excluding hydrogens is 260 g/mol. The first-order valence-corrected chi connectivity index (χ1v) is 8.63. The van der Waals surface area contributed by atoms with Gasteiger partial charge in [-0.15, -0.1) is 0 Å². The van der Waals surface area contributed by atoms with E-state index >= 15 is 0 Å². The molecule has 0 aromatic carbocycles. The fraction of sp³-hybridized carbons (Fsp3) is 0.789. The van der Waals surface area contributed by atoms with Crippen LogP contribution in [0, 0.1) is 35.5 Å². The molecule has 0 aliphatic heterocycles. The van der Waals surface area contributed by atoms with Crippen LogP contribution in [0.15, 0.2) is 24.3 Å². The topological polar surface area (TPSA) is 29.5 Å². The molecule has 0 aromatic rings. The maximum atomic E-state index is 9.41. The number of ether oxygens (including phenoxy) is 1. The third-order valence-electron chi connectivity index (χ3n) is 5.68. The predicted molar refractivity (Wildman–Crippen MR) is 85.6 cm³/mol. The van der Waals surface area contributed by atoms with E-state index in [0.717, 1.165) is 23.7 Å². The summed E-state index contributed by atoms with van der Waals surface area (Å²) in [5.74, 6) is 4.10. The molecule has 0 aromatic heterocycles. The summed E-state index contributed by atoms with van der Waals surface area (Å²) >= 11 is 0. The predicted octanol–water partition coefficient (Wildman–Crippen LogP) is 4.16. The van der Waals surface area contributed by atoms with Gasteiger partial charge in [-0.25, -0.2) is 0 Å². The molecule has 4 bridgehead atoms. The van der Waals surface area contributed by atoms with Crippen molar-refractivity contribution in [2.75, 3.05) is 6.61 Å². The fourth-order valence-corrected chi connectivity index (χ4v) is 4.45. The van der Waals surface area contributed by atoms with Crippen molar-refractivity contribution in [2.45, 2.75) is 52.2 Å². The Morgan fingerprint density at radius 3 is 1.90 bits per heavy atom. The van der Waals surface area contributed by atoms with Crippen molar-refractivity contribution in [3.05, 3.63) is 24.3 Å². The molecule has 118 valence electrons. The van der Waals surface area contributed by atoms with Crippen LogP contribution >= 0.6 is 0 Å². The molecule has 0 spiro atoms. The van der Waals surface area contributed by atoms with E-state index in [0.29, 0.717) is 18.4 Å². The first kappa shape index (κ1) is 15.3. The standard InChI is InChI=1S/C11H18O2.C8H12/c1-11(2,12)13-7-10-6-8-3-4-9(10)5-8;1-6-4-7-2-3-8(6)5-7/h3-4,8-10,12H,5-7H2,1-2H3;2-3,6-8H,4-5H2,1H3. The van der Waals surface area contributed by atoms with Gasteiger partial charge in [0.2, 0.25) is 0 Å². The summed E-state index contributed by atoms with van der Waals surface area (Å²) in [7, 11) is 0. The molecule has 21 heavy (non-hydrogen) atoms. The Labute approximate surface area is 129 Å². The first-order valence-electron chi connectivity index (χ1n) is 8.63. The van der Waals surface area contributed by atoms with Crippen molar-refractivity contribution in [3.63, 3.8) is 0 Å². The van der Waals surface area contributed by atoms with E-state index in [1.54, 1.807) is 13.8 Å². The second-order valence-electron chi connectivity index (χ2n) is 8.06. The van der Waals surface area contributed by atoms with Crippen LogP contribution in [0.1, 0.15) is 46.5 Å². The van der Waals surface area contributed by atoms with Gasteiger partial charge >= 0.3 is 0 Å². The van der Waals surface area contributed by atoms with Crippen molar-refractivity contribution in [1.82, 2.24) is 0 Å². The third-order valence-corrected chi connectivity index (χ3v) is 5.68. The monoisotopic (exact) mass is 290 g/mol. The van der Waals surface area contributed by atoms with Gasteiger partial charge in [-0.1, -0.05) is 31.2 Å². The van der Waals surface area contributed by atoms with E-state index in [1.807, 2.05) is 0 Å². The maximum absolute atomic E-state index is 9.41. The number of hydrogen-bond donors (Lipinski definition) is 1. The molecule has 4 rings (SSSR count). The van der Waals surface area contributed by atoms with Crippen LogP contribution in [0.3, 0.4) is 0 Å². The Balaban J connectivity index is 0.000000140. The number of fused-ring (bicyclic) bond motifs is 4. The van der Waals surface area contributed by atoms with Gasteiger partial charge in [0.15, 0.2) is 5.79 Å². The zero-order valence-electron chi connectivity index (χ0n) is 13.7. The molecule has 4 aliphatic rings. The normalized spacial score (nSPS) is 42.5. The van der Waals surface area contributed by atoms with Crippen LogP contribution in [0.5, 0.6) is 0 Å². The summed E-state index contributed by atoms with van der Waals surface area (Å²) < 4.78 is 5.39. The molecule has 0 heterocycles. The maximum Gasteiger partial charge on any atom is 0.159 e. The third kappa shape index (κ3) is 3.78. The summed E-state index contributed by atoms with van der Waals surface area (Å²) in [5.41, 5.74) is 0. The zero-order chi connectivity index (χ0) is 15.0. The molecule has 2 fully saturated rings. The van der Waals surface area contributed by atoms with Crippen LogP contribution in [0.25, 0.3) is 0 Å². The van der Waals surface area contributed by atoms with E-state index < -0.39 is 5.79 Å². The Kier molecular flexibility index (Phi) is 4.29. The smallest absolute Gasteiger partial charge is 0.159 e. The van der Waals surface area contributed by atoms with Crippen molar-refractivity contribution >= 4 is 0 Å². The summed E-state index contributed by atoms with van der Waals surface area (Å²) in [6.45, 7) is 6.45. The highest BCUT2D eigenvalue weighted by Gasteiger charge is 2.36. The number of rotatable bonds is 3. The average Bonchev–Trinajstić information content (AvgIpc) is 3.16. The van der Waals surface area contributed by atoms with Gasteiger partial charge in [0, 0.05) is 0 Å². The largest absolute Gasteiger partial charge is 0.366 e. The minimum atomic E-state index is -0.967. The highest BCUT2D eigenvalue weighted by atomic mass is 16.6. The molecule has 0 radical (unpaired) electrons. The molecule has 2 heteroatoms. The van der Waals surface area contributed by atoms with Gasteiger partial charge in [-0.2, -0.15) is 0 Å². The van der Waals surface area contributed by atoms with Gasteiger partial charge in [-0.05, 0) is 75.0 Å². The highest BCUT2D eigenvalue weighted by molar-refractivity contribution is 5.10. The summed E-state index contributed by atoms with van der Waals surface area (Å²) in [6.07, 6.45) is 14.9. The summed E-state index contributed by atoms with van der Waals surface area (Å²) in [5, 5.41) is 9.41. The Hall–Kier alpha value is -0.600. The van der Waals surface area contributed by atoms with Crippen LogP contribution in [0.2, 0.25) is 0 Å². The Morgan fingerprint density at radius 2 is 1.57 bits per heavy atom. The Bertz CT molecular complexity index is 418. The van der Waals surface area contributed by atoms with Crippen LogP contribution in [0.4, 0.5) is 0 Å². The van der Waals surface area contributed by atoms with Gasteiger partial charge in [-0.3, -0.25) is 0 Å². The minimum Gasteiger partial charge on any atom is -0.366 e. The van der Waals surface area contributed by atoms with Gasteiger partial charge in [0.1, 0.15) is 0 Å². The molecule has 0 saturated heterocycles. The molecule has 6 atom stereocenters. The fourth-order valence-electron chi connectivity index (χ4n) is 4.45. The average molecular weight is 290 g/mol. The van der Waals surface area contributed by atoms with Crippen LogP contribution in [-0.2, 0) is 4.74 Å². The van der Waals surface area contributed by atoms with Gasteiger partial charge in [0.05, 0.1) is 6.61 Å². The molecule has 2 nitrogen and oxygen atoms in total. The molecule has 6 unspecified atom stereocenters. The zero-order valence-corrected chi connectivity index (χ0v) is 13.7. The molecule has 1 N–H and O–H groups in total. The van der Waals surface area contributed by atoms with Gasteiger partial charge < -0.3 is 9.84 Å². The summed E-state index contributed by atoms with van der Waals surface area (Å²) in [4.78, 5) is 0. The lowest BCUT2D eigenvalue weighted by atomic mass is 9.94. The first-order chi connectivity index (χ1) is 9.90. The van der Waals surface area contributed by atoms with Crippen molar-refractivity contribution in [1.29, 1.82) is 0 Å². The molecular formula is C19H30O2. The summed E-state index contributed by atoms with van der Waals surface area (Å²) in [6, 6.07) is 0. The van der Waals surface area contributed by atoms with E-state index in [-0.39, 0.29) is 0 Å². The SMILES string of the molecule is CC(C)(O)OCC1CC2C=CC1C2.CC1CC2C=CC1C2. The molecule has 0 amide bonds. The van der Waals surface area contributed by atoms with E-state index in [9.17, 15) is 5.11 Å². The van der Waals surface area contributed by atoms with Crippen molar-refractivity contribution < 1.29 is 9.84 Å². The lowest BCUT2D eigenvalue weighted by Crippen LogP contribution is -2.27. The minimum absolute atomic E-state index is 0.640. The number of allylic oxidation sites excluding steroid dienone is 4. The second-order valence-corrected chi connectivity index (χ2v) is 8.06. The Morgan fingerprint density at radius 1 is 0.952 bits per heavy atom. The van der Waals surface area contributed by atoms with E-state index in [4.69, 9.17) is 4.74 Å². The molecule has 4 aliphatic carbocycles. The van der Waals surface area contributed by atoms with Crippen LogP contribution in [-0.4, -0.2) is 17.5 Å². The number of hydrogen-bond acceptors (Lipinski definition) is 2. The van der Waals surface area contributed by atoms with Crippen LogP contribution < -0.4 is 0 Å². The van der Waals surface area contributed by atoms with Crippen molar-refractivity contribution in [2.24, 2.45) is 35.5 Å². The lowest BCUT2D eigenvalue weighted by molar-refractivity contribution is -0.184. The highest BCUT2D eigenvalue weighted by Crippen LogP contribution is 2.44. The quantitative estimate of drug-likeness (QED) is 0.624. The van der Waals surface area contributed by atoms with Gasteiger partial charge in [0.25, 0.3) is 0 Å². The van der Waals surface area contributed by atoms with E-state index in [2.05, 4.69) is 31.2 Å². The lowest BCUT2D eigenvalue weighted by Gasteiger charge is -2.24. The second kappa shape index (κ2) is 5.89. The van der Waals surface area contributed by atoms with E-state index in [1.165, 1.54) is 25.7 Å². The number of aliphatic hydroxyl groups is 1. The molecule has 2 saturated carbocycles.